The van der Waals surface area contributed by atoms with Crippen molar-refractivity contribution in [3.8, 4) is 6.07 Å². The van der Waals surface area contributed by atoms with Crippen molar-refractivity contribution >= 4 is 16.9 Å². The van der Waals surface area contributed by atoms with Gasteiger partial charge in [-0.3, -0.25) is 0 Å². The molecule has 4 nitrogen and oxygen atoms in total. The summed E-state index contributed by atoms with van der Waals surface area (Å²) in [5, 5.41) is 9.42. The van der Waals surface area contributed by atoms with E-state index in [4.69, 9.17) is 9.68 Å². The Morgan fingerprint density at radius 3 is 3.06 bits per heavy atom. The molecule has 16 heavy (non-hydrogen) atoms. The van der Waals surface area contributed by atoms with Crippen LogP contribution in [0.1, 0.15) is 15.9 Å². The predicted molar refractivity (Wildman–Crippen MR) is 56.9 cm³/mol. The molecule has 0 unspecified atom stereocenters. The number of ether oxygens (including phenoxy) is 1. The molecule has 0 saturated heterocycles. The van der Waals surface area contributed by atoms with Crippen molar-refractivity contribution in [2.45, 2.75) is 6.42 Å². The molecule has 0 aliphatic heterocycles. The predicted octanol–water partition coefficient (Wildman–Crippen LogP) is 2.29. The fourth-order valence-corrected chi connectivity index (χ4v) is 1.55. The van der Waals surface area contributed by atoms with Crippen LogP contribution in [0.5, 0.6) is 0 Å². The van der Waals surface area contributed by atoms with Gasteiger partial charge in [0.1, 0.15) is 5.58 Å². The molecule has 2 aromatic rings. The van der Waals surface area contributed by atoms with Crippen molar-refractivity contribution in [2.75, 3.05) is 7.11 Å². The molecule has 80 valence electrons. The van der Waals surface area contributed by atoms with Crippen LogP contribution in [0.25, 0.3) is 11.0 Å². The summed E-state index contributed by atoms with van der Waals surface area (Å²) in [6, 6.07) is 7.06. The Morgan fingerprint density at radius 2 is 2.38 bits per heavy atom. The molecule has 1 aromatic carbocycles. The van der Waals surface area contributed by atoms with Crippen LogP contribution in [0.15, 0.2) is 28.9 Å². The largest absolute Gasteiger partial charge is 0.465 e. The minimum absolute atomic E-state index is 0.262. The molecule has 0 radical (unpaired) electrons. The van der Waals surface area contributed by atoms with Gasteiger partial charge in [0.25, 0.3) is 0 Å². The highest BCUT2D eigenvalue weighted by molar-refractivity contribution is 5.95. The quantitative estimate of drug-likeness (QED) is 0.721. The summed E-state index contributed by atoms with van der Waals surface area (Å²) in [6.45, 7) is 0. The normalized spacial score (nSPS) is 10.0. The molecule has 0 saturated carbocycles. The highest BCUT2D eigenvalue weighted by Crippen LogP contribution is 2.23. The van der Waals surface area contributed by atoms with Gasteiger partial charge in [-0.15, -0.1) is 0 Å². The lowest BCUT2D eigenvalue weighted by molar-refractivity contribution is 0.0601. The van der Waals surface area contributed by atoms with E-state index in [-0.39, 0.29) is 6.42 Å². The van der Waals surface area contributed by atoms with Crippen LogP contribution in [-0.2, 0) is 11.2 Å². The van der Waals surface area contributed by atoms with E-state index in [2.05, 4.69) is 4.74 Å². The molecule has 2 rings (SSSR count). The van der Waals surface area contributed by atoms with Crippen LogP contribution in [0.3, 0.4) is 0 Å². The van der Waals surface area contributed by atoms with Gasteiger partial charge in [-0.2, -0.15) is 5.26 Å². The van der Waals surface area contributed by atoms with Crippen molar-refractivity contribution in [3.05, 3.63) is 35.6 Å². The first-order valence-electron chi connectivity index (χ1n) is 4.71. The Balaban J connectivity index is 2.55. The van der Waals surface area contributed by atoms with Gasteiger partial charge in [-0.25, -0.2) is 4.79 Å². The summed E-state index contributed by atoms with van der Waals surface area (Å²) in [7, 11) is 1.33. The number of hydrogen-bond acceptors (Lipinski definition) is 4. The molecule has 0 bridgehead atoms. The third-order valence-corrected chi connectivity index (χ3v) is 2.34. The molecule has 0 aliphatic rings. The van der Waals surface area contributed by atoms with Gasteiger partial charge in [0.15, 0.2) is 0 Å². The number of furan rings is 1. The Morgan fingerprint density at radius 1 is 1.56 bits per heavy atom. The minimum Gasteiger partial charge on any atom is -0.465 e. The molecule has 0 amide bonds. The van der Waals surface area contributed by atoms with Crippen LogP contribution in [0.4, 0.5) is 0 Å². The average Bonchev–Trinajstić information content (AvgIpc) is 2.71. The smallest absolute Gasteiger partial charge is 0.337 e. The number of methoxy groups -OCH3 is 1. The highest BCUT2D eigenvalue weighted by atomic mass is 16.5. The molecule has 0 N–H and O–H groups in total. The van der Waals surface area contributed by atoms with E-state index < -0.39 is 5.97 Å². The summed E-state index contributed by atoms with van der Waals surface area (Å²) < 4.78 is 9.89. The van der Waals surface area contributed by atoms with E-state index in [1.54, 1.807) is 18.2 Å². The molecular weight excluding hydrogens is 206 g/mol. The van der Waals surface area contributed by atoms with Crippen LogP contribution >= 0.6 is 0 Å². The first kappa shape index (κ1) is 10.2. The fourth-order valence-electron chi connectivity index (χ4n) is 1.55. The Hall–Kier alpha value is -2.28. The maximum Gasteiger partial charge on any atom is 0.337 e. The lowest BCUT2D eigenvalue weighted by atomic mass is 10.1. The van der Waals surface area contributed by atoms with Gasteiger partial charge in [-0.1, -0.05) is 0 Å². The van der Waals surface area contributed by atoms with Gasteiger partial charge in [0, 0.05) is 10.9 Å². The highest BCUT2D eigenvalue weighted by Gasteiger charge is 2.10. The number of carbonyl (C=O) groups is 1. The Labute approximate surface area is 92.0 Å². The van der Waals surface area contributed by atoms with Gasteiger partial charge >= 0.3 is 5.97 Å². The van der Waals surface area contributed by atoms with Gasteiger partial charge in [-0.05, 0) is 18.2 Å². The van der Waals surface area contributed by atoms with Crippen molar-refractivity contribution in [1.82, 2.24) is 0 Å². The van der Waals surface area contributed by atoms with E-state index in [0.717, 1.165) is 10.9 Å². The molecule has 1 heterocycles. The van der Waals surface area contributed by atoms with Crippen molar-refractivity contribution in [3.63, 3.8) is 0 Å². The lowest BCUT2D eigenvalue weighted by Crippen LogP contribution is -2.00. The lowest BCUT2D eigenvalue weighted by Gasteiger charge is -1.98. The van der Waals surface area contributed by atoms with Crippen LogP contribution in [0.2, 0.25) is 0 Å². The number of esters is 1. The van der Waals surface area contributed by atoms with Crippen LogP contribution in [-0.4, -0.2) is 13.1 Å². The zero-order valence-corrected chi connectivity index (χ0v) is 8.69. The SMILES string of the molecule is COC(=O)c1ccc2occ(CC#N)c2c1. The molecule has 0 fully saturated rings. The third-order valence-electron chi connectivity index (χ3n) is 2.34. The van der Waals surface area contributed by atoms with E-state index in [1.807, 2.05) is 6.07 Å². The summed E-state index contributed by atoms with van der Waals surface area (Å²) >= 11 is 0. The standard InChI is InChI=1S/C12H9NO3/c1-15-12(14)8-2-3-11-10(6-8)9(4-5-13)7-16-11/h2-3,6-7H,4H2,1H3. The number of carbonyl (C=O) groups excluding carboxylic acids is 1. The molecule has 0 atom stereocenters. The Kier molecular flexibility index (Phi) is 2.61. The second-order valence-electron chi connectivity index (χ2n) is 3.30. The number of hydrogen-bond donors (Lipinski definition) is 0. The van der Waals surface area contributed by atoms with Gasteiger partial charge in [0.05, 0.1) is 31.4 Å². The second kappa shape index (κ2) is 4.07. The number of rotatable bonds is 2. The maximum atomic E-state index is 11.3. The second-order valence-corrected chi connectivity index (χ2v) is 3.30. The average molecular weight is 215 g/mol. The summed E-state index contributed by atoms with van der Waals surface area (Å²) in [4.78, 5) is 11.3. The topological polar surface area (TPSA) is 63.2 Å². The number of nitriles is 1. The van der Waals surface area contributed by atoms with E-state index in [9.17, 15) is 4.79 Å². The number of nitrogens with zero attached hydrogens (tertiary/aromatic N) is 1. The summed E-state index contributed by atoms with van der Waals surface area (Å²) in [5.74, 6) is -0.397. The maximum absolute atomic E-state index is 11.3. The molecule has 0 aliphatic carbocycles. The van der Waals surface area contributed by atoms with Crippen LogP contribution < -0.4 is 0 Å². The minimum atomic E-state index is -0.397. The summed E-state index contributed by atoms with van der Waals surface area (Å²) in [6.07, 6.45) is 1.80. The van der Waals surface area contributed by atoms with E-state index in [1.165, 1.54) is 13.4 Å². The monoisotopic (exact) mass is 215 g/mol. The van der Waals surface area contributed by atoms with Crippen LogP contribution in [0, 0.1) is 11.3 Å². The molecule has 1 aromatic heterocycles. The van der Waals surface area contributed by atoms with Gasteiger partial charge < -0.3 is 9.15 Å². The first-order chi connectivity index (χ1) is 7.76. The number of fused-ring (bicyclic) bond motifs is 1. The Bertz CT molecular complexity index is 577. The first-order valence-corrected chi connectivity index (χ1v) is 4.71. The van der Waals surface area contributed by atoms with Crippen molar-refractivity contribution < 1.29 is 13.9 Å². The van der Waals surface area contributed by atoms with Gasteiger partial charge in [0.2, 0.25) is 0 Å². The fraction of sp³-hybridized carbons (Fsp3) is 0.167. The van der Waals surface area contributed by atoms with E-state index >= 15 is 0 Å². The molecule has 4 heteroatoms. The number of benzene rings is 1. The van der Waals surface area contributed by atoms with Crippen molar-refractivity contribution in [1.29, 1.82) is 5.26 Å². The van der Waals surface area contributed by atoms with Crippen molar-refractivity contribution in [2.24, 2.45) is 0 Å². The third kappa shape index (κ3) is 1.63. The zero-order valence-electron chi connectivity index (χ0n) is 8.69. The zero-order chi connectivity index (χ0) is 11.5. The molecular formula is C12H9NO3. The van der Waals surface area contributed by atoms with E-state index in [0.29, 0.717) is 11.1 Å². The summed E-state index contributed by atoms with van der Waals surface area (Å²) in [5.41, 5.74) is 1.90. The molecule has 0 spiro atoms.